The molecule has 5 nitrogen and oxygen atoms in total. The minimum Gasteiger partial charge on any atom is -0.351 e. The Bertz CT molecular complexity index is 1290. The highest BCUT2D eigenvalue weighted by molar-refractivity contribution is 6.04. The number of benzene rings is 2. The van der Waals surface area contributed by atoms with E-state index in [1.807, 2.05) is 30.0 Å². The van der Waals surface area contributed by atoms with Crippen LogP contribution >= 0.6 is 0 Å². The second-order valence-electron chi connectivity index (χ2n) is 11.2. The van der Waals surface area contributed by atoms with Crippen molar-refractivity contribution in [2.75, 3.05) is 0 Å². The van der Waals surface area contributed by atoms with Gasteiger partial charge < -0.3 is 14.8 Å². The van der Waals surface area contributed by atoms with Crippen LogP contribution in [0.4, 0.5) is 0 Å². The first-order valence-electron chi connectivity index (χ1n) is 13.9. The van der Waals surface area contributed by atoms with Gasteiger partial charge in [0.15, 0.2) is 0 Å². The average molecular weight is 484 g/mol. The summed E-state index contributed by atoms with van der Waals surface area (Å²) in [6.45, 7) is 2.47. The molecule has 2 aliphatic carbocycles. The molecule has 1 saturated carbocycles. The number of nitrogens with zero attached hydrogens (tertiary/aromatic N) is 2. The molecule has 1 aliphatic heterocycles. The van der Waals surface area contributed by atoms with Crippen molar-refractivity contribution in [3.05, 3.63) is 71.4 Å². The summed E-state index contributed by atoms with van der Waals surface area (Å²) in [5.74, 6) is -0.0395. The first-order chi connectivity index (χ1) is 17.6. The fourth-order valence-electron chi connectivity index (χ4n) is 6.89. The summed E-state index contributed by atoms with van der Waals surface area (Å²) < 4.78 is 2.08. The Hall–Kier alpha value is -3.08. The van der Waals surface area contributed by atoms with Gasteiger partial charge in [-0.15, -0.1) is 0 Å². The van der Waals surface area contributed by atoms with Gasteiger partial charge in [-0.05, 0) is 62.3 Å². The number of amides is 2. The van der Waals surface area contributed by atoms with Crippen LogP contribution in [0.25, 0.3) is 10.9 Å². The first-order valence-corrected chi connectivity index (χ1v) is 13.9. The lowest BCUT2D eigenvalue weighted by Gasteiger charge is -2.49. The molecule has 2 aromatic carbocycles. The molecule has 5 heteroatoms. The van der Waals surface area contributed by atoms with E-state index < -0.39 is 5.54 Å². The average Bonchev–Trinajstić information content (AvgIpc) is 3.24. The van der Waals surface area contributed by atoms with Crippen molar-refractivity contribution in [2.24, 2.45) is 0 Å². The molecular weight excluding hydrogens is 446 g/mol. The molecule has 0 spiro atoms. The van der Waals surface area contributed by atoms with Crippen LogP contribution in [0.15, 0.2) is 54.6 Å². The van der Waals surface area contributed by atoms with Crippen LogP contribution in [0.1, 0.15) is 92.4 Å². The summed E-state index contributed by atoms with van der Waals surface area (Å²) in [7, 11) is 0. The van der Waals surface area contributed by atoms with Crippen molar-refractivity contribution in [1.29, 1.82) is 0 Å². The van der Waals surface area contributed by atoms with Gasteiger partial charge in [0.2, 0.25) is 5.91 Å². The Morgan fingerprint density at radius 1 is 0.917 bits per heavy atom. The minimum absolute atomic E-state index is 0.00657. The number of nitrogens with one attached hydrogen (secondary N) is 1. The number of hydrogen-bond donors (Lipinski definition) is 1. The summed E-state index contributed by atoms with van der Waals surface area (Å²) in [5, 5.41) is 4.49. The number of aryl methyl sites for hydroxylation is 1. The van der Waals surface area contributed by atoms with Gasteiger partial charge in [-0.1, -0.05) is 74.6 Å². The Morgan fingerprint density at radius 3 is 2.47 bits per heavy atom. The third-order valence-electron chi connectivity index (χ3n) is 8.83. The number of aromatic nitrogens is 1. The van der Waals surface area contributed by atoms with E-state index in [-0.39, 0.29) is 23.9 Å². The van der Waals surface area contributed by atoms with Gasteiger partial charge in [-0.25, -0.2) is 0 Å². The van der Waals surface area contributed by atoms with Gasteiger partial charge >= 0.3 is 0 Å². The van der Waals surface area contributed by atoms with Crippen LogP contribution in [0.2, 0.25) is 0 Å². The predicted molar refractivity (Wildman–Crippen MR) is 143 cm³/mol. The molecule has 188 valence electrons. The molecule has 3 aromatic rings. The summed E-state index contributed by atoms with van der Waals surface area (Å²) in [4.78, 5) is 30.5. The number of carbonyl (C=O) groups is 2. The van der Waals surface area contributed by atoms with E-state index in [2.05, 4.69) is 46.3 Å². The maximum absolute atomic E-state index is 14.3. The monoisotopic (exact) mass is 483 g/mol. The van der Waals surface area contributed by atoms with Crippen LogP contribution in [0, 0.1) is 0 Å². The van der Waals surface area contributed by atoms with Crippen LogP contribution in [-0.2, 0) is 17.8 Å². The molecule has 0 radical (unpaired) electrons. The molecule has 0 bridgehead atoms. The Labute approximate surface area is 213 Å². The standard InChI is InChI=1S/C31H37N3O2/c1-31(30(36)32-24-15-5-3-2-4-6-16-24)21-33-26-18-10-8-13-23(26)20-28(33)29(35)34(31)27-19-11-14-22-12-7-9-17-25(22)27/h7-10,12-13,17-18,20,24,27H,2-6,11,14-16,19,21H2,1H3,(H,32,36)/t27-,31-/m1/s1. The second kappa shape index (κ2) is 9.42. The third-order valence-corrected chi connectivity index (χ3v) is 8.83. The normalized spacial score (nSPS) is 25.1. The highest BCUT2D eigenvalue weighted by atomic mass is 16.2. The zero-order chi connectivity index (χ0) is 24.7. The van der Waals surface area contributed by atoms with Gasteiger partial charge in [0, 0.05) is 16.9 Å². The lowest BCUT2D eigenvalue weighted by molar-refractivity contribution is -0.135. The van der Waals surface area contributed by atoms with E-state index in [0.29, 0.717) is 12.2 Å². The van der Waals surface area contributed by atoms with Gasteiger partial charge in [0.05, 0.1) is 12.6 Å². The molecule has 36 heavy (non-hydrogen) atoms. The van der Waals surface area contributed by atoms with E-state index in [1.165, 1.54) is 30.4 Å². The number of carbonyl (C=O) groups excluding carboxylic acids is 2. The molecule has 1 N–H and O–H groups in total. The topological polar surface area (TPSA) is 54.3 Å². The Kier molecular flexibility index (Phi) is 6.10. The molecule has 3 aliphatic rings. The Balaban J connectivity index is 1.43. The Morgan fingerprint density at radius 2 is 1.64 bits per heavy atom. The molecule has 0 unspecified atom stereocenters. The molecule has 2 atom stereocenters. The van der Waals surface area contributed by atoms with Gasteiger partial charge in [-0.2, -0.15) is 0 Å². The van der Waals surface area contributed by atoms with Gasteiger partial charge in [0.25, 0.3) is 5.91 Å². The van der Waals surface area contributed by atoms with E-state index in [1.54, 1.807) is 0 Å². The van der Waals surface area contributed by atoms with Crippen molar-refractivity contribution in [3.63, 3.8) is 0 Å². The van der Waals surface area contributed by atoms with Crippen LogP contribution < -0.4 is 5.32 Å². The van der Waals surface area contributed by atoms with Crippen LogP contribution in [0.3, 0.4) is 0 Å². The molecule has 6 rings (SSSR count). The predicted octanol–water partition coefficient (Wildman–Crippen LogP) is 6.16. The van der Waals surface area contributed by atoms with Crippen LogP contribution in [-0.4, -0.2) is 32.9 Å². The highest BCUT2D eigenvalue weighted by Crippen LogP contribution is 2.43. The largest absolute Gasteiger partial charge is 0.351 e. The maximum Gasteiger partial charge on any atom is 0.271 e. The first kappa shape index (κ1) is 23.3. The number of rotatable bonds is 3. The van der Waals surface area contributed by atoms with Crippen LogP contribution in [0.5, 0.6) is 0 Å². The third kappa shape index (κ3) is 3.93. The SMILES string of the molecule is C[C@]1(C(=O)NC2CCCCCCC2)Cn2c(cc3ccccc32)C(=O)N1[C@@H]1CCCc2ccccc21. The van der Waals surface area contributed by atoms with E-state index in [0.717, 1.165) is 55.8 Å². The smallest absolute Gasteiger partial charge is 0.271 e. The second-order valence-corrected chi connectivity index (χ2v) is 11.2. The molecule has 1 fully saturated rings. The maximum atomic E-state index is 14.3. The zero-order valence-electron chi connectivity index (χ0n) is 21.3. The number of para-hydroxylation sites is 1. The molecule has 1 aromatic heterocycles. The molecule has 2 heterocycles. The fourth-order valence-corrected chi connectivity index (χ4v) is 6.89. The number of fused-ring (bicyclic) bond motifs is 4. The van der Waals surface area contributed by atoms with Crippen molar-refractivity contribution in [1.82, 2.24) is 14.8 Å². The van der Waals surface area contributed by atoms with Crippen molar-refractivity contribution in [3.8, 4) is 0 Å². The molecule has 2 amide bonds. The van der Waals surface area contributed by atoms with E-state index in [9.17, 15) is 9.59 Å². The lowest BCUT2D eigenvalue weighted by Crippen LogP contribution is -2.65. The summed E-state index contributed by atoms with van der Waals surface area (Å²) in [6.07, 6.45) is 11.1. The van der Waals surface area contributed by atoms with Gasteiger partial charge in [0.1, 0.15) is 11.2 Å². The van der Waals surface area contributed by atoms with Gasteiger partial charge in [-0.3, -0.25) is 9.59 Å². The molecular formula is C31H37N3O2. The zero-order valence-corrected chi connectivity index (χ0v) is 21.3. The lowest BCUT2D eigenvalue weighted by atomic mass is 9.82. The summed E-state index contributed by atoms with van der Waals surface area (Å²) >= 11 is 0. The quantitative estimate of drug-likeness (QED) is 0.485. The van der Waals surface area contributed by atoms with E-state index >= 15 is 0 Å². The summed E-state index contributed by atoms with van der Waals surface area (Å²) in [6, 6.07) is 18.7. The van der Waals surface area contributed by atoms with Crippen molar-refractivity contribution < 1.29 is 9.59 Å². The molecule has 0 saturated heterocycles. The number of hydrogen-bond acceptors (Lipinski definition) is 2. The van der Waals surface area contributed by atoms with E-state index in [4.69, 9.17) is 0 Å². The highest BCUT2D eigenvalue weighted by Gasteiger charge is 2.51. The van der Waals surface area contributed by atoms with Crippen molar-refractivity contribution >= 4 is 22.7 Å². The summed E-state index contributed by atoms with van der Waals surface area (Å²) in [5.41, 5.74) is 3.25. The minimum atomic E-state index is -0.969. The fraction of sp³-hybridized carbons (Fsp3) is 0.484. The van der Waals surface area contributed by atoms with Crippen molar-refractivity contribution in [2.45, 2.75) is 95.3 Å².